The highest BCUT2D eigenvalue weighted by molar-refractivity contribution is 5.81. The number of hydrogen-bond donors (Lipinski definition) is 1. The SMILES string of the molecule is OCc1cc(F)ccc1OCc1ccnc2ccccc12. The van der Waals surface area contributed by atoms with Crippen molar-refractivity contribution in [2.75, 3.05) is 0 Å². The Balaban J connectivity index is 1.87. The summed E-state index contributed by atoms with van der Waals surface area (Å²) in [6, 6.07) is 13.8. The molecule has 0 bridgehead atoms. The summed E-state index contributed by atoms with van der Waals surface area (Å²) < 4.78 is 18.9. The standard InChI is InChI=1S/C17H14FNO2/c18-14-5-6-17(13(9-14)10-20)21-11-12-7-8-19-16-4-2-1-3-15(12)16/h1-9,20H,10-11H2. The van der Waals surface area contributed by atoms with E-state index >= 15 is 0 Å². The van der Waals surface area contributed by atoms with Crippen molar-refractivity contribution in [3.8, 4) is 5.75 Å². The van der Waals surface area contributed by atoms with E-state index in [9.17, 15) is 9.50 Å². The molecule has 0 saturated heterocycles. The zero-order valence-corrected chi connectivity index (χ0v) is 11.3. The average molecular weight is 283 g/mol. The van der Waals surface area contributed by atoms with Crippen molar-refractivity contribution in [1.29, 1.82) is 0 Å². The van der Waals surface area contributed by atoms with E-state index in [1.165, 1.54) is 18.2 Å². The van der Waals surface area contributed by atoms with Crippen LogP contribution >= 0.6 is 0 Å². The second kappa shape index (κ2) is 5.89. The van der Waals surface area contributed by atoms with Crippen LogP contribution in [-0.2, 0) is 13.2 Å². The van der Waals surface area contributed by atoms with Gasteiger partial charge in [-0.3, -0.25) is 4.98 Å². The number of fused-ring (bicyclic) bond motifs is 1. The van der Waals surface area contributed by atoms with Crippen LogP contribution in [0.15, 0.2) is 54.7 Å². The van der Waals surface area contributed by atoms with Gasteiger partial charge in [0, 0.05) is 22.7 Å². The van der Waals surface area contributed by atoms with Crippen molar-refractivity contribution >= 4 is 10.9 Å². The van der Waals surface area contributed by atoms with Gasteiger partial charge in [0.2, 0.25) is 0 Å². The lowest BCUT2D eigenvalue weighted by Crippen LogP contribution is -2.00. The third-order valence-electron chi connectivity index (χ3n) is 3.32. The smallest absolute Gasteiger partial charge is 0.125 e. The first-order chi connectivity index (χ1) is 10.3. The molecule has 0 aliphatic carbocycles. The van der Waals surface area contributed by atoms with Crippen molar-refractivity contribution in [3.05, 3.63) is 71.7 Å². The molecule has 0 unspecified atom stereocenters. The molecule has 1 N–H and O–H groups in total. The summed E-state index contributed by atoms with van der Waals surface area (Å²) >= 11 is 0. The average Bonchev–Trinajstić information content (AvgIpc) is 2.53. The number of halogens is 1. The molecule has 1 heterocycles. The molecule has 0 radical (unpaired) electrons. The maximum Gasteiger partial charge on any atom is 0.125 e. The van der Waals surface area contributed by atoms with Crippen LogP contribution in [0.1, 0.15) is 11.1 Å². The Morgan fingerprint density at radius 1 is 1.05 bits per heavy atom. The number of benzene rings is 2. The second-order valence-corrected chi connectivity index (χ2v) is 4.69. The molecule has 106 valence electrons. The van der Waals surface area contributed by atoms with Gasteiger partial charge in [-0.05, 0) is 30.3 Å². The molecular weight excluding hydrogens is 269 g/mol. The molecule has 21 heavy (non-hydrogen) atoms. The molecule has 0 aliphatic heterocycles. The van der Waals surface area contributed by atoms with Crippen LogP contribution in [0.4, 0.5) is 4.39 Å². The van der Waals surface area contributed by atoms with Crippen LogP contribution in [0.5, 0.6) is 5.75 Å². The predicted octanol–water partition coefficient (Wildman–Crippen LogP) is 3.45. The third-order valence-corrected chi connectivity index (χ3v) is 3.32. The number of rotatable bonds is 4. The minimum Gasteiger partial charge on any atom is -0.489 e. The van der Waals surface area contributed by atoms with E-state index in [2.05, 4.69) is 4.98 Å². The van der Waals surface area contributed by atoms with Gasteiger partial charge < -0.3 is 9.84 Å². The van der Waals surface area contributed by atoms with Crippen LogP contribution in [0.25, 0.3) is 10.9 Å². The summed E-state index contributed by atoms with van der Waals surface area (Å²) in [4.78, 5) is 4.30. The number of aromatic nitrogens is 1. The highest BCUT2D eigenvalue weighted by atomic mass is 19.1. The quantitative estimate of drug-likeness (QED) is 0.797. The van der Waals surface area contributed by atoms with E-state index in [4.69, 9.17) is 4.74 Å². The van der Waals surface area contributed by atoms with Crippen LogP contribution in [0, 0.1) is 5.82 Å². The molecule has 0 amide bonds. The predicted molar refractivity (Wildman–Crippen MR) is 78.4 cm³/mol. The Labute approximate surface area is 121 Å². The van der Waals surface area contributed by atoms with Crippen LogP contribution in [-0.4, -0.2) is 10.1 Å². The van der Waals surface area contributed by atoms with Crippen molar-refractivity contribution in [1.82, 2.24) is 4.98 Å². The van der Waals surface area contributed by atoms with Gasteiger partial charge in [0.15, 0.2) is 0 Å². The number of aliphatic hydroxyl groups is 1. The highest BCUT2D eigenvalue weighted by Crippen LogP contribution is 2.23. The summed E-state index contributed by atoms with van der Waals surface area (Å²) in [5.74, 6) is 0.0977. The minimum atomic E-state index is -0.388. The van der Waals surface area contributed by atoms with Gasteiger partial charge in [0.05, 0.1) is 12.1 Å². The van der Waals surface area contributed by atoms with Crippen molar-refractivity contribution in [3.63, 3.8) is 0 Å². The van der Waals surface area contributed by atoms with Crippen molar-refractivity contribution in [2.45, 2.75) is 13.2 Å². The first-order valence-electron chi connectivity index (χ1n) is 6.62. The van der Waals surface area contributed by atoms with E-state index in [1.54, 1.807) is 6.20 Å². The lowest BCUT2D eigenvalue weighted by molar-refractivity contribution is 0.258. The van der Waals surface area contributed by atoms with E-state index in [0.717, 1.165) is 16.5 Å². The summed E-state index contributed by atoms with van der Waals surface area (Å²) in [7, 11) is 0. The molecule has 4 heteroatoms. The number of pyridine rings is 1. The zero-order chi connectivity index (χ0) is 14.7. The van der Waals surface area contributed by atoms with Gasteiger partial charge in [-0.25, -0.2) is 4.39 Å². The fourth-order valence-corrected chi connectivity index (χ4v) is 2.25. The van der Waals surface area contributed by atoms with Crippen LogP contribution < -0.4 is 4.74 Å². The Hall–Kier alpha value is -2.46. The molecule has 0 aliphatic rings. The number of para-hydroxylation sites is 1. The first-order valence-corrected chi connectivity index (χ1v) is 6.62. The molecule has 0 spiro atoms. The summed E-state index contributed by atoms with van der Waals surface area (Å²) in [6.07, 6.45) is 1.73. The minimum absolute atomic E-state index is 0.260. The number of aliphatic hydroxyl groups excluding tert-OH is 1. The molecule has 0 fully saturated rings. The molecule has 1 aromatic heterocycles. The molecule has 3 nitrogen and oxygen atoms in total. The van der Waals surface area contributed by atoms with Crippen molar-refractivity contribution in [2.24, 2.45) is 0 Å². The van der Waals surface area contributed by atoms with E-state index in [-0.39, 0.29) is 12.4 Å². The molecular formula is C17H14FNO2. The van der Waals surface area contributed by atoms with E-state index in [1.807, 2.05) is 30.3 Å². The van der Waals surface area contributed by atoms with Gasteiger partial charge in [0.25, 0.3) is 0 Å². The maximum absolute atomic E-state index is 13.1. The Morgan fingerprint density at radius 3 is 2.76 bits per heavy atom. The zero-order valence-electron chi connectivity index (χ0n) is 11.3. The number of nitrogens with zero attached hydrogens (tertiary/aromatic N) is 1. The Kier molecular flexibility index (Phi) is 3.79. The monoisotopic (exact) mass is 283 g/mol. The summed E-state index contributed by atoms with van der Waals surface area (Å²) in [6.45, 7) is 0.0752. The largest absolute Gasteiger partial charge is 0.489 e. The van der Waals surface area contributed by atoms with E-state index in [0.29, 0.717) is 17.9 Å². The van der Waals surface area contributed by atoms with Gasteiger partial charge in [0.1, 0.15) is 18.2 Å². The topological polar surface area (TPSA) is 42.4 Å². The van der Waals surface area contributed by atoms with Crippen LogP contribution in [0.3, 0.4) is 0 Å². The fraction of sp³-hybridized carbons (Fsp3) is 0.118. The lowest BCUT2D eigenvalue weighted by Gasteiger charge is -2.11. The normalized spacial score (nSPS) is 10.8. The first kappa shape index (κ1) is 13.5. The van der Waals surface area contributed by atoms with Gasteiger partial charge in [-0.2, -0.15) is 0 Å². The van der Waals surface area contributed by atoms with E-state index < -0.39 is 0 Å². The summed E-state index contributed by atoms with van der Waals surface area (Å²) in [5.41, 5.74) is 2.34. The third kappa shape index (κ3) is 2.85. The molecule has 3 rings (SSSR count). The Morgan fingerprint density at radius 2 is 1.90 bits per heavy atom. The Bertz CT molecular complexity index is 768. The number of ether oxygens (including phenoxy) is 1. The lowest BCUT2D eigenvalue weighted by atomic mass is 10.1. The maximum atomic E-state index is 13.1. The van der Waals surface area contributed by atoms with Gasteiger partial charge >= 0.3 is 0 Å². The second-order valence-electron chi connectivity index (χ2n) is 4.69. The molecule has 2 aromatic carbocycles. The number of hydrogen-bond acceptors (Lipinski definition) is 3. The van der Waals surface area contributed by atoms with Crippen LogP contribution in [0.2, 0.25) is 0 Å². The molecule has 0 saturated carbocycles. The van der Waals surface area contributed by atoms with Gasteiger partial charge in [-0.15, -0.1) is 0 Å². The summed E-state index contributed by atoms with van der Waals surface area (Å²) in [5, 5.41) is 10.3. The van der Waals surface area contributed by atoms with Crippen molar-refractivity contribution < 1.29 is 14.2 Å². The fourth-order valence-electron chi connectivity index (χ4n) is 2.25. The molecule has 3 aromatic rings. The highest BCUT2D eigenvalue weighted by Gasteiger charge is 2.07. The molecule has 0 atom stereocenters. The van der Waals surface area contributed by atoms with Gasteiger partial charge in [-0.1, -0.05) is 18.2 Å².